The molecule has 3 N–H and O–H groups in total. The third-order valence-electron chi connectivity index (χ3n) is 2.25. The lowest BCUT2D eigenvalue weighted by molar-refractivity contribution is -0.150. The van der Waals surface area contributed by atoms with Gasteiger partial charge in [0.05, 0.1) is 0 Å². The number of nitrogens with two attached hydrogens (primary N) is 1. The van der Waals surface area contributed by atoms with Crippen molar-refractivity contribution in [2.24, 2.45) is 11.3 Å². The first kappa shape index (κ1) is 8.39. The second-order valence-corrected chi connectivity index (χ2v) is 2.78. The molecule has 0 saturated heterocycles. The molecule has 0 radical (unpaired) electrons. The maximum Gasteiger partial charge on any atom is 0.252 e. The molecular formula is C6H10F2N2O. The molecule has 64 valence electrons. The van der Waals surface area contributed by atoms with Crippen LogP contribution >= 0.6 is 0 Å². The predicted molar refractivity (Wildman–Crippen MR) is 34.6 cm³/mol. The van der Waals surface area contributed by atoms with E-state index in [0.717, 1.165) is 0 Å². The molecule has 1 saturated carbocycles. The Morgan fingerprint density at radius 1 is 1.55 bits per heavy atom. The van der Waals surface area contributed by atoms with Crippen molar-refractivity contribution in [1.29, 1.82) is 0 Å². The van der Waals surface area contributed by atoms with Gasteiger partial charge >= 0.3 is 0 Å². The third-order valence-corrected chi connectivity index (χ3v) is 2.25. The molecular weight excluding hydrogens is 154 g/mol. The molecule has 0 aromatic rings. The monoisotopic (exact) mass is 164 g/mol. The van der Waals surface area contributed by atoms with Gasteiger partial charge in [-0.05, 0) is 12.8 Å². The zero-order valence-electron chi connectivity index (χ0n) is 5.94. The smallest absolute Gasteiger partial charge is 0.252 e. The minimum absolute atomic E-state index is 0.244. The normalized spacial score (nSPS) is 21.1. The van der Waals surface area contributed by atoms with E-state index in [0.29, 0.717) is 6.42 Å². The van der Waals surface area contributed by atoms with Gasteiger partial charge in [0.2, 0.25) is 5.91 Å². The van der Waals surface area contributed by atoms with Crippen LogP contribution < -0.4 is 11.3 Å². The predicted octanol–water partition coefficient (Wildman–Crippen LogP) is 0.412. The van der Waals surface area contributed by atoms with Crippen LogP contribution in [0.25, 0.3) is 0 Å². The molecule has 1 aliphatic carbocycles. The largest absolute Gasteiger partial charge is 0.294 e. The Balaban J connectivity index is 2.67. The number of nitrogens with one attached hydrogen (secondary N) is 1. The average Bonchev–Trinajstić information content (AvgIpc) is 1.84. The minimum atomic E-state index is -2.60. The van der Waals surface area contributed by atoms with Crippen molar-refractivity contribution >= 4 is 5.91 Å². The van der Waals surface area contributed by atoms with Crippen molar-refractivity contribution in [3.05, 3.63) is 0 Å². The van der Waals surface area contributed by atoms with Gasteiger partial charge in [-0.3, -0.25) is 10.2 Å². The van der Waals surface area contributed by atoms with Gasteiger partial charge in [-0.15, -0.1) is 0 Å². The first-order valence-electron chi connectivity index (χ1n) is 3.43. The minimum Gasteiger partial charge on any atom is -0.294 e. The Labute approximate surface area is 62.9 Å². The summed E-state index contributed by atoms with van der Waals surface area (Å²) in [4.78, 5) is 10.8. The first-order chi connectivity index (χ1) is 5.13. The molecule has 0 atom stereocenters. The van der Waals surface area contributed by atoms with Crippen LogP contribution in [0.1, 0.15) is 19.3 Å². The molecule has 0 unspecified atom stereocenters. The Bertz CT molecular complexity index is 168. The van der Waals surface area contributed by atoms with Crippen molar-refractivity contribution in [2.75, 3.05) is 0 Å². The second kappa shape index (κ2) is 2.73. The van der Waals surface area contributed by atoms with E-state index in [9.17, 15) is 13.6 Å². The van der Waals surface area contributed by atoms with Crippen LogP contribution in [0.3, 0.4) is 0 Å². The Hall–Kier alpha value is -0.710. The fourth-order valence-corrected chi connectivity index (χ4v) is 1.25. The molecule has 0 bridgehead atoms. The van der Waals surface area contributed by atoms with Crippen LogP contribution in [0, 0.1) is 5.41 Å². The quantitative estimate of drug-likeness (QED) is 0.353. The van der Waals surface area contributed by atoms with E-state index >= 15 is 0 Å². The number of halogens is 2. The van der Waals surface area contributed by atoms with E-state index in [-0.39, 0.29) is 12.8 Å². The third kappa shape index (κ3) is 1.09. The number of hydrogen-bond acceptors (Lipinski definition) is 2. The average molecular weight is 164 g/mol. The van der Waals surface area contributed by atoms with E-state index < -0.39 is 17.7 Å². The van der Waals surface area contributed by atoms with Gasteiger partial charge in [-0.25, -0.2) is 14.6 Å². The van der Waals surface area contributed by atoms with E-state index in [1.807, 2.05) is 0 Å². The zero-order valence-corrected chi connectivity index (χ0v) is 5.94. The highest BCUT2D eigenvalue weighted by molar-refractivity contribution is 5.83. The van der Waals surface area contributed by atoms with Crippen LogP contribution in [0.15, 0.2) is 0 Å². The molecule has 5 heteroatoms. The number of hydrazine groups is 1. The topological polar surface area (TPSA) is 55.1 Å². The number of carbonyl (C=O) groups excluding carboxylic acids is 1. The molecule has 11 heavy (non-hydrogen) atoms. The summed E-state index contributed by atoms with van der Waals surface area (Å²) in [6, 6.07) is 0. The lowest BCUT2D eigenvalue weighted by atomic mass is 9.68. The van der Waals surface area contributed by atoms with E-state index in [4.69, 9.17) is 5.84 Å². The highest BCUT2D eigenvalue weighted by Crippen LogP contribution is 2.45. The highest BCUT2D eigenvalue weighted by atomic mass is 19.3. The molecule has 0 heterocycles. The van der Waals surface area contributed by atoms with Gasteiger partial charge in [0.1, 0.15) is 5.41 Å². The lowest BCUT2D eigenvalue weighted by Crippen LogP contribution is -2.52. The van der Waals surface area contributed by atoms with Crippen LogP contribution in [-0.4, -0.2) is 12.3 Å². The van der Waals surface area contributed by atoms with Gasteiger partial charge in [0.25, 0.3) is 6.43 Å². The standard InChI is InChI=1S/C6H10F2N2O/c7-4(8)6(2-1-3-6)5(11)10-9/h4H,1-3,9H2,(H,10,11). The Kier molecular flexibility index (Phi) is 2.08. The van der Waals surface area contributed by atoms with Crippen molar-refractivity contribution in [2.45, 2.75) is 25.7 Å². The molecule has 0 aromatic heterocycles. The molecule has 1 fully saturated rings. The summed E-state index contributed by atoms with van der Waals surface area (Å²) < 4.78 is 24.5. The summed E-state index contributed by atoms with van der Waals surface area (Å²) in [6.07, 6.45) is -1.43. The summed E-state index contributed by atoms with van der Waals surface area (Å²) in [7, 11) is 0. The molecule has 1 aliphatic rings. The maximum atomic E-state index is 12.3. The fraction of sp³-hybridized carbons (Fsp3) is 0.833. The van der Waals surface area contributed by atoms with Gasteiger partial charge in [0.15, 0.2) is 0 Å². The number of rotatable bonds is 2. The van der Waals surface area contributed by atoms with Crippen molar-refractivity contribution < 1.29 is 13.6 Å². The number of alkyl halides is 2. The van der Waals surface area contributed by atoms with Crippen LogP contribution in [0.2, 0.25) is 0 Å². The SMILES string of the molecule is NNC(=O)C1(C(F)F)CCC1. The number of hydrogen-bond donors (Lipinski definition) is 2. The van der Waals surface area contributed by atoms with Crippen molar-refractivity contribution in [1.82, 2.24) is 5.43 Å². The zero-order chi connectivity index (χ0) is 8.48. The van der Waals surface area contributed by atoms with Crippen molar-refractivity contribution in [3.8, 4) is 0 Å². The van der Waals surface area contributed by atoms with Crippen LogP contribution in [0.5, 0.6) is 0 Å². The highest BCUT2D eigenvalue weighted by Gasteiger charge is 2.51. The Morgan fingerprint density at radius 2 is 2.09 bits per heavy atom. The molecule has 0 spiro atoms. The maximum absolute atomic E-state index is 12.3. The first-order valence-corrected chi connectivity index (χ1v) is 3.43. The van der Waals surface area contributed by atoms with E-state index in [2.05, 4.69) is 0 Å². The Morgan fingerprint density at radius 3 is 2.18 bits per heavy atom. The molecule has 0 aromatic carbocycles. The summed E-state index contributed by atoms with van der Waals surface area (Å²) in [6.45, 7) is 0. The summed E-state index contributed by atoms with van der Waals surface area (Å²) >= 11 is 0. The summed E-state index contributed by atoms with van der Waals surface area (Å²) in [5.74, 6) is 4.04. The van der Waals surface area contributed by atoms with E-state index in [1.54, 1.807) is 5.43 Å². The van der Waals surface area contributed by atoms with Crippen molar-refractivity contribution in [3.63, 3.8) is 0 Å². The van der Waals surface area contributed by atoms with Crippen LogP contribution in [-0.2, 0) is 4.79 Å². The van der Waals surface area contributed by atoms with Gasteiger partial charge in [-0.1, -0.05) is 6.42 Å². The summed E-state index contributed by atoms with van der Waals surface area (Å²) in [5.41, 5.74) is 0.293. The molecule has 1 amide bonds. The van der Waals surface area contributed by atoms with E-state index in [1.165, 1.54) is 0 Å². The molecule has 1 rings (SSSR count). The van der Waals surface area contributed by atoms with Gasteiger partial charge in [-0.2, -0.15) is 0 Å². The second-order valence-electron chi connectivity index (χ2n) is 2.78. The van der Waals surface area contributed by atoms with Gasteiger partial charge < -0.3 is 0 Å². The van der Waals surface area contributed by atoms with Gasteiger partial charge in [0, 0.05) is 0 Å². The van der Waals surface area contributed by atoms with Crippen LogP contribution in [0.4, 0.5) is 8.78 Å². The molecule has 0 aliphatic heterocycles. The molecule has 3 nitrogen and oxygen atoms in total. The lowest BCUT2D eigenvalue weighted by Gasteiger charge is -2.38. The fourth-order valence-electron chi connectivity index (χ4n) is 1.25. The number of carbonyl (C=O) groups is 1. The summed E-state index contributed by atoms with van der Waals surface area (Å²) in [5, 5.41) is 0. The number of amides is 1.